The molecule has 5 atom stereocenters. The van der Waals surface area contributed by atoms with Crippen molar-refractivity contribution < 1.29 is 14.9 Å². The first-order chi connectivity index (χ1) is 7.24. The molecule has 0 unspecified atom stereocenters. The molecule has 1 heterocycles. The number of aliphatic hydroxyl groups is 2. The van der Waals surface area contributed by atoms with Crippen molar-refractivity contribution in [2.75, 3.05) is 13.2 Å². The fourth-order valence-corrected chi connectivity index (χ4v) is 2.57. The summed E-state index contributed by atoms with van der Waals surface area (Å²) in [5.41, 5.74) is 0. The number of hydrogen-bond donors (Lipinski definition) is 3. The number of rotatable bonds is 4. The molecule has 1 aliphatic heterocycles. The summed E-state index contributed by atoms with van der Waals surface area (Å²) < 4.78 is 5.40. The van der Waals surface area contributed by atoms with Gasteiger partial charge in [0.25, 0.3) is 0 Å². The van der Waals surface area contributed by atoms with Crippen LogP contribution in [-0.4, -0.2) is 47.7 Å². The molecule has 0 aromatic heterocycles. The van der Waals surface area contributed by atoms with Gasteiger partial charge in [0.15, 0.2) is 0 Å². The molecule has 0 amide bonds. The Morgan fingerprint density at radius 2 is 2.13 bits per heavy atom. The highest BCUT2D eigenvalue weighted by molar-refractivity contribution is 5.00. The second-order valence-electron chi connectivity index (χ2n) is 4.69. The third kappa shape index (κ3) is 2.18. The van der Waals surface area contributed by atoms with Crippen molar-refractivity contribution in [3.8, 4) is 0 Å². The van der Waals surface area contributed by atoms with Crippen LogP contribution < -0.4 is 5.32 Å². The van der Waals surface area contributed by atoms with Gasteiger partial charge in [-0.2, -0.15) is 0 Å². The molecule has 88 valence electrons. The van der Waals surface area contributed by atoms with Crippen molar-refractivity contribution in [1.29, 1.82) is 0 Å². The molecule has 4 heteroatoms. The molecule has 0 radical (unpaired) electrons. The van der Waals surface area contributed by atoms with E-state index in [2.05, 4.69) is 12.2 Å². The predicted octanol–water partition coefficient (Wildman–Crippen LogP) is -0.115. The topological polar surface area (TPSA) is 61.7 Å². The number of hydrogen-bond acceptors (Lipinski definition) is 4. The highest BCUT2D eigenvalue weighted by Gasteiger charge is 2.48. The molecule has 3 N–H and O–H groups in total. The Kier molecular flexibility index (Phi) is 3.61. The zero-order chi connectivity index (χ0) is 10.8. The average molecular weight is 215 g/mol. The van der Waals surface area contributed by atoms with Crippen molar-refractivity contribution in [2.45, 2.75) is 50.5 Å². The molecule has 15 heavy (non-hydrogen) atoms. The van der Waals surface area contributed by atoms with Gasteiger partial charge >= 0.3 is 0 Å². The molecule has 1 saturated heterocycles. The lowest BCUT2D eigenvalue weighted by molar-refractivity contribution is -0.0754. The van der Waals surface area contributed by atoms with Crippen LogP contribution in [0.5, 0.6) is 0 Å². The third-order valence-electron chi connectivity index (χ3n) is 3.56. The number of unbranched alkanes of at least 4 members (excludes halogenated alkanes) is 1. The van der Waals surface area contributed by atoms with Gasteiger partial charge in [0.1, 0.15) is 6.10 Å². The molecule has 2 rings (SSSR count). The molecule has 0 aromatic carbocycles. The van der Waals surface area contributed by atoms with Crippen molar-refractivity contribution in [2.24, 2.45) is 5.92 Å². The van der Waals surface area contributed by atoms with Gasteiger partial charge in [0, 0.05) is 12.0 Å². The van der Waals surface area contributed by atoms with Gasteiger partial charge in [-0.05, 0) is 19.4 Å². The lowest BCUT2D eigenvalue weighted by Gasteiger charge is -2.35. The highest BCUT2D eigenvalue weighted by atomic mass is 16.5. The lowest BCUT2D eigenvalue weighted by atomic mass is 9.82. The molecule has 1 aliphatic carbocycles. The summed E-state index contributed by atoms with van der Waals surface area (Å²) in [5.74, 6) is 0.206. The van der Waals surface area contributed by atoms with Crippen LogP contribution in [0, 0.1) is 5.92 Å². The standard InChI is InChI=1S/C11H21NO3/c1-2-3-4-12-8-5-7-6-15-11(9(7)13)10(8)14/h7-14H,2-6H2,1H3/t7-,8-,9-,10+,11+/m1/s1. The quantitative estimate of drug-likeness (QED) is 0.572. The fourth-order valence-electron chi connectivity index (χ4n) is 2.57. The van der Waals surface area contributed by atoms with Crippen LogP contribution in [0.15, 0.2) is 0 Å². The van der Waals surface area contributed by atoms with E-state index in [0.717, 1.165) is 25.8 Å². The minimum absolute atomic E-state index is 0.0949. The van der Waals surface area contributed by atoms with Crippen LogP contribution in [0.3, 0.4) is 0 Å². The number of nitrogens with one attached hydrogen (secondary N) is 1. The van der Waals surface area contributed by atoms with Crippen molar-refractivity contribution >= 4 is 0 Å². The highest BCUT2D eigenvalue weighted by Crippen LogP contribution is 2.34. The Labute approximate surface area is 90.6 Å². The summed E-state index contributed by atoms with van der Waals surface area (Å²) in [4.78, 5) is 0. The van der Waals surface area contributed by atoms with E-state index in [1.165, 1.54) is 0 Å². The summed E-state index contributed by atoms with van der Waals surface area (Å²) in [6.45, 7) is 3.68. The second-order valence-corrected chi connectivity index (χ2v) is 4.69. The van der Waals surface area contributed by atoms with Crippen LogP contribution in [-0.2, 0) is 4.74 Å². The minimum Gasteiger partial charge on any atom is -0.390 e. The third-order valence-corrected chi connectivity index (χ3v) is 3.56. The molecule has 2 aliphatic rings. The predicted molar refractivity (Wildman–Crippen MR) is 56.6 cm³/mol. The van der Waals surface area contributed by atoms with Crippen LogP contribution in [0.1, 0.15) is 26.2 Å². The summed E-state index contributed by atoms with van der Waals surface area (Å²) >= 11 is 0. The first-order valence-electron chi connectivity index (χ1n) is 5.95. The van der Waals surface area contributed by atoms with E-state index in [4.69, 9.17) is 4.74 Å². The maximum absolute atomic E-state index is 9.98. The van der Waals surface area contributed by atoms with E-state index in [9.17, 15) is 10.2 Å². The molecule has 0 spiro atoms. The maximum atomic E-state index is 9.98. The van der Waals surface area contributed by atoms with Crippen LogP contribution in [0.25, 0.3) is 0 Å². The molecule has 4 nitrogen and oxygen atoms in total. The summed E-state index contributed by atoms with van der Waals surface area (Å²) in [6.07, 6.45) is 1.70. The van der Waals surface area contributed by atoms with Crippen molar-refractivity contribution in [3.63, 3.8) is 0 Å². The Hall–Kier alpha value is -0.160. The van der Waals surface area contributed by atoms with E-state index < -0.39 is 12.2 Å². The van der Waals surface area contributed by atoms with Gasteiger partial charge in [-0.25, -0.2) is 0 Å². The monoisotopic (exact) mass is 215 g/mol. The van der Waals surface area contributed by atoms with E-state index in [1.54, 1.807) is 0 Å². The van der Waals surface area contributed by atoms with Gasteiger partial charge in [-0.1, -0.05) is 13.3 Å². The van der Waals surface area contributed by atoms with Gasteiger partial charge in [-0.3, -0.25) is 0 Å². The Morgan fingerprint density at radius 3 is 2.87 bits per heavy atom. The molecule has 0 aromatic rings. The minimum atomic E-state index is -0.560. The van der Waals surface area contributed by atoms with Crippen LogP contribution >= 0.6 is 0 Å². The van der Waals surface area contributed by atoms with Crippen LogP contribution in [0.4, 0.5) is 0 Å². The molecular weight excluding hydrogens is 194 g/mol. The largest absolute Gasteiger partial charge is 0.390 e. The Bertz CT molecular complexity index is 212. The van der Waals surface area contributed by atoms with Crippen molar-refractivity contribution in [1.82, 2.24) is 5.32 Å². The number of aliphatic hydroxyl groups excluding tert-OH is 2. The zero-order valence-corrected chi connectivity index (χ0v) is 9.22. The summed E-state index contributed by atoms with van der Waals surface area (Å²) in [7, 11) is 0. The zero-order valence-electron chi connectivity index (χ0n) is 9.22. The van der Waals surface area contributed by atoms with Gasteiger partial charge in [0.2, 0.25) is 0 Å². The van der Waals surface area contributed by atoms with Crippen molar-refractivity contribution in [3.05, 3.63) is 0 Å². The Balaban J connectivity index is 1.87. The SMILES string of the molecule is CCCCN[C@@H]1C[C@@H]2CO[C@@H]([C@@H]2O)[C@H]1O. The van der Waals surface area contributed by atoms with E-state index in [1.807, 2.05) is 0 Å². The normalized spacial score (nSPS) is 44.6. The second kappa shape index (κ2) is 4.78. The van der Waals surface area contributed by atoms with Gasteiger partial charge in [0.05, 0.1) is 18.8 Å². The first kappa shape index (κ1) is 11.3. The maximum Gasteiger partial charge on any atom is 0.111 e. The number of ether oxygens (including phenoxy) is 1. The van der Waals surface area contributed by atoms with Crippen LogP contribution in [0.2, 0.25) is 0 Å². The summed E-state index contributed by atoms with van der Waals surface area (Å²) in [6, 6.07) is 0.0949. The first-order valence-corrected chi connectivity index (χ1v) is 5.95. The fraction of sp³-hybridized carbons (Fsp3) is 1.00. The summed E-state index contributed by atoms with van der Waals surface area (Å²) in [5, 5.41) is 23.1. The molecule has 1 saturated carbocycles. The van der Waals surface area contributed by atoms with E-state index in [-0.39, 0.29) is 18.1 Å². The molecule has 2 bridgehead atoms. The molecule has 2 fully saturated rings. The average Bonchev–Trinajstić information content (AvgIpc) is 2.48. The smallest absolute Gasteiger partial charge is 0.111 e. The molecular formula is C11H21NO3. The Morgan fingerprint density at radius 1 is 1.33 bits per heavy atom. The van der Waals surface area contributed by atoms with E-state index in [0.29, 0.717) is 6.61 Å². The lowest BCUT2D eigenvalue weighted by Crippen LogP contribution is -2.55. The number of fused-ring (bicyclic) bond motifs is 2. The van der Waals surface area contributed by atoms with E-state index >= 15 is 0 Å². The van der Waals surface area contributed by atoms with Gasteiger partial charge < -0.3 is 20.3 Å². The van der Waals surface area contributed by atoms with Gasteiger partial charge in [-0.15, -0.1) is 0 Å².